The fraction of sp³-hybridized carbons (Fsp3) is 0.600. The van der Waals surface area contributed by atoms with Crippen molar-refractivity contribution in [1.82, 2.24) is 5.32 Å². The fourth-order valence-electron chi connectivity index (χ4n) is 1.90. The van der Waals surface area contributed by atoms with Crippen LogP contribution < -0.4 is 5.32 Å². The molecule has 102 valence electrons. The van der Waals surface area contributed by atoms with Gasteiger partial charge in [0.15, 0.2) is 0 Å². The van der Waals surface area contributed by atoms with Gasteiger partial charge < -0.3 is 15.2 Å². The summed E-state index contributed by atoms with van der Waals surface area (Å²) in [7, 11) is 0. The van der Waals surface area contributed by atoms with Crippen LogP contribution in [-0.2, 0) is 11.3 Å². The number of aliphatic hydroxyl groups is 1. The van der Waals surface area contributed by atoms with E-state index in [0.717, 1.165) is 19.5 Å². The number of aliphatic hydroxyl groups excluding tert-OH is 1. The molecule has 0 heterocycles. The highest BCUT2D eigenvalue weighted by atomic mass is 16.5. The van der Waals surface area contributed by atoms with E-state index in [0.29, 0.717) is 13.2 Å². The van der Waals surface area contributed by atoms with Gasteiger partial charge in [-0.05, 0) is 56.0 Å². The molecule has 0 saturated heterocycles. The molecule has 2 N–H and O–H groups in total. The Labute approximate surface area is 110 Å². The van der Waals surface area contributed by atoms with Crippen LogP contribution in [0.25, 0.3) is 0 Å². The van der Waals surface area contributed by atoms with Crippen LogP contribution in [0.2, 0.25) is 0 Å². The van der Waals surface area contributed by atoms with Gasteiger partial charge in [-0.1, -0.05) is 12.1 Å². The van der Waals surface area contributed by atoms with E-state index in [4.69, 9.17) is 9.84 Å². The molecule has 1 aromatic carbocycles. The van der Waals surface area contributed by atoms with Crippen LogP contribution in [0.15, 0.2) is 12.1 Å². The average Bonchev–Trinajstić information content (AvgIpc) is 2.34. The van der Waals surface area contributed by atoms with Crippen molar-refractivity contribution in [2.75, 3.05) is 26.4 Å². The van der Waals surface area contributed by atoms with Gasteiger partial charge in [-0.25, -0.2) is 0 Å². The predicted molar refractivity (Wildman–Crippen MR) is 74.9 cm³/mol. The van der Waals surface area contributed by atoms with Gasteiger partial charge in [0.25, 0.3) is 0 Å². The molecule has 1 aromatic rings. The van der Waals surface area contributed by atoms with Crippen molar-refractivity contribution >= 4 is 0 Å². The highest BCUT2D eigenvalue weighted by Gasteiger charge is 2.01. The summed E-state index contributed by atoms with van der Waals surface area (Å²) in [4.78, 5) is 0. The first-order valence-electron chi connectivity index (χ1n) is 6.61. The molecule has 0 aliphatic carbocycles. The third kappa shape index (κ3) is 5.17. The first kappa shape index (κ1) is 15.2. The van der Waals surface area contributed by atoms with E-state index in [9.17, 15) is 0 Å². The number of hydrogen-bond acceptors (Lipinski definition) is 3. The molecule has 3 heteroatoms. The molecule has 0 bridgehead atoms. The zero-order valence-corrected chi connectivity index (χ0v) is 11.8. The molecule has 0 spiro atoms. The molecule has 0 aliphatic heterocycles. The van der Waals surface area contributed by atoms with Crippen LogP contribution in [0.1, 0.15) is 28.7 Å². The summed E-state index contributed by atoms with van der Waals surface area (Å²) in [6, 6.07) is 4.51. The summed E-state index contributed by atoms with van der Waals surface area (Å²) in [6.07, 6.45) is 0.976. The lowest BCUT2D eigenvalue weighted by Crippen LogP contribution is -2.17. The summed E-state index contributed by atoms with van der Waals surface area (Å²) >= 11 is 0. The van der Waals surface area contributed by atoms with Crippen molar-refractivity contribution in [2.45, 2.75) is 33.7 Å². The van der Waals surface area contributed by atoms with Gasteiger partial charge in [-0.2, -0.15) is 0 Å². The molecular formula is C15H25NO2. The minimum Gasteiger partial charge on any atom is -0.394 e. The largest absolute Gasteiger partial charge is 0.394 e. The van der Waals surface area contributed by atoms with Gasteiger partial charge in [0.1, 0.15) is 0 Å². The lowest BCUT2D eigenvalue weighted by molar-refractivity contribution is 0.0907. The molecule has 0 radical (unpaired) electrons. The summed E-state index contributed by atoms with van der Waals surface area (Å²) in [6.45, 7) is 9.57. The SMILES string of the molecule is Cc1cc(C)c(CNCCCOCCO)cc1C. The topological polar surface area (TPSA) is 41.5 Å². The maximum atomic E-state index is 8.56. The van der Waals surface area contributed by atoms with E-state index < -0.39 is 0 Å². The van der Waals surface area contributed by atoms with Crippen molar-refractivity contribution in [2.24, 2.45) is 0 Å². The predicted octanol–water partition coefficient (Wildman–Crippen LogP) is 2.10. The van der Waals surface area contributed by atoms with E-state index in [1.807, 2.05) is 0 Å². The Hall–Kier alpha value is -0.900. The van der Waals surface area contributed by atoms with Gasteiger partial charge in [0, 0.05) is 13.2 Å². The second-order valence-corrected chi connectivity index (χ2v) is 4.73. The van der Waals surface area contributed by atoms with E-state index >= 15 is 0 Å². The van der Waals surface area contributed by atoms with E-state index in [-0.39, 0.29) is 6.61 Å². The van der Waals surface area contributed by atoms with Gasteiger partial charge in [0.05, 0.1) is 13.2 Å². The van der Waals surface area contributed by atoms with Crippen molar-refractivity contribution in [3.05, 3.63) is 34.4 Å². The molecule has 0 unspecified atom stereocenters. The van der Waals surface area contributed by atoms with Crippen molar-refractivity contribution in [3.63, 3.8) is 0 Å². The normalized spacial score (nSPS) is 10.9. The summed E-state index contributed by atoms with van der Waals surface area (Å²) in [5, 5.41) is 12.0. The number of aryl methyl sites for hydroxylation is 3. The van der Waals surface area contributed by atoms with Crippen LogP contribution in [0, 0.1) is 20.8 Å². The minimum atomic E-state index is 0.106. The van der Waals surface area contributed by atoms with Crippen LogP contribution in [-0.4, -0.2) is 31.5 Å². The van der Waals surface area contributed by atoms with Crippen LogP contribution in [0.3, 0.4) is 0 Å². The molecule has 1 rings (SSSR count). The lowest BCUT2D eigenvalue weighted by Gasteiger charge is -2.11. The molecule has 18 heavy (non-hydrogen) atoms. The number of nitrogens with one attached hydrogen (secondary N) is 1. The fourth-order valence-corrected chi connectivity index (χ4v) is 1.90. The Morgan fingerprint density at radius 3 is 2.50 bits per heavy atom. The van der Waals surface area contributed by atoms with Gasteiger partial charge >= 0.3 is 0 Å². The van der Waals surface area contributed by atoms with Crippen molar-refractivity contribution in [1.29, 1.82) is 0 Å². The number of hydrogen-bond donors (Lipinski definition) is 2. The van der Waals surface area contributed by atoms with E-state index in [1.54, 1.807) is 0 Å². The molecule has 0 aliphatic rings. The van der Waals surface area contributed by atoms with Gasteiger partial charge in [0.2, 0.25) is 0 Å². The number of rotatable bonds is 8. The van der Waals surface area contributed by atoms with E-state index in [2.05, 4.69) is 38.2 Å². The maximum Gasteiger partial charge on any atom is 0.0697 e. The highest BCUT2D eigenvalue weighted by Crippen LogP contribution is 2.14. The Bertz CT molecular complexity index is 364. The minimum absolute atomic E-state index is 0.106. The second-order valence-electron chi connectivity index (χ2n) is 4.73. The lowest BCUT2D eigenvalue weighted by atomic mass is 10.0. The Morgan fingerprint density at radius 2 is 1.78 bits per heavy atom. The maximum absolute atomic E-state index is 8.56. The second kappa shape index (κ2) is 8.25. The highest BCUT2D eigenvalue weighted by molar-refractivity contribution is 5.36. The van der Waals surface area contributed by atoms with Crippen LogP contribution >= 0.6 is 0 Å². The van der Waals surface area contributed by atoms with Crippen LogP contribution in [0.5, 0.6) is 0 Å². The third-order valence-corrected chi connectivity index (χ3v) is 3.15. The first-order valence-corrected chi connectivity index (χ1v) is 6.61. The summed E-state index contributed by atoms with van der Waals surface area (Å²) in [5.41, 5.74) is 5.42. The third-order valence-electron chi connectivity index (χ3n) is 3.15. The Balaban J connectivity index is 2.25. The van der Waals surface area contributed by atoms with E-state index in [1.165, 1.54) is 22.3 Å². The quantitative estimate of drug-likeness (QED) is 0.695. The molecule has 0 amide bonds. The zero-order valence-electron chi connectivity index (χ0n) is 11.8. The number of ether oxygens (including phenoxy) is 1. The molecule has 0 atom stereocenters. The summed E-state index contributed by atoms with van der Waals surface area (Å²) in [5.74, 6) is 0. The molecule has 0 fully saturated rings. The average molecular weight is 251 g/mol. The molecular weight excluding hydrogens is 226 g/mol. The summed E-state index contributed by atoms with van der Waals surface area (Å²) < 4.78 is 5.20. The molecule has 0 aromatic heterocycles. The molecule has 0 saturated carbocycles. The Morgan fingerprint density at radius 1 is 1.06 bits per heavy atom. The Kier molecular flexibility index (Phi) is 6.94. The number of benzene rings is 1. The van der Waals surface area contributed by atoms with Crippen LogP contribution in [0.4, 0.5) is 0 Å². The van der Waals surface area contributed by atoms with Gasteiger partial charge in [-0.15, -0.1) is 0 Å². The first-order chi connectivity index (χ1) is 8.65. The standard InChI is InChI=1S/C15H25NO2/c1-12-9-14(3)15(10-13(12)2)11-16-5-4-7-18-8-6-17/h9-10,16-17H,4-8,11H2,1-3H3. The van der Waals surface area contributed by atoms with Crippen molar-refractivity contribution in [3.8, 4) is 0 Å². The van der Waals surface area contributed by atoms with Gasteiger partial charge in [-0.3, -0.25) is 0 Å². The zero-order chi connectivity index (χ0) is 13.4. The van der Waals surface area contributed by atoms with Crippen molar-refractivity contribution < 1.29 is 9.84 Å². The monoisotopic (exact) mass is 251 g/mol. The smallest absolute Gasteiger partial charge is 0.0697 e. The molecule has 3 nitrogen and oxygen atoms in total.